The zero-order chi connectivity index (χ0) is 11.3. The molecule has 4 nitrogen and oxygen atoms in total. The Hall–Kier alpha value is -0.430. The number of anilines is 1. The van der Waals surface area contributed by atoms with Crippen molar-refractivity contribution < 1.29 is 0 Å². The highest BCUT2D eigenvalue weighted by Crippen LogP contribution is 2.16. The first kappa shape index (κ1) is 12.6. The first-order chi connectivity index (χ1) is 7.11. The standard InChI is InChI=1S/C10H17IN4/c1-14(2)5-4-6-15(3)10-9(11)7-12-8-13-10/h7-8H,4-6H2,1-3H3. The summed E-state index contributed by atoms with van der Waals surface area (Å²) < 4.78 is 1.10. The van der Waals surface area contributed by atoms with Gasteiger partial charge in [-0.15, -0.1) is 0 Å². The van der Waals surface area contributed by atoms with E-state index >= 15 is 0 Å². The van der Waals surface area contributed by atoms with Gasteiger partial charge in [0, 0.05) is 19.8 Å². The third-order valence-corrected chi connectivity index (χ3v) is 2.87. The molecule has 0 N–H and O–H groups in total. The van der Waals surface area contributed by atoms with Crippen LogP contribution in [0.1, 0.15) is 6.42 Å². The molecule has 0 aromatic carbocycles. The summed E-state index contributed by atoms with van der Waals surface area (Å²) >= 11 is 2.26. The van der Waals surface area contributed by atoms with Crippen LogP contribution in [0.5, 0.6) is 0 Å². The van der Waals surface area contributed by atoms with Gasteiger partial charge in [-0.1, -0.05) is 0 Å². The fourth-order valence-electron chi connectivity index (χ4n) is 1.32. The largest absolute Gasteiger partial charge is 0.359 e. The van der Waals surface area contributed by atoms with Crippen LogP contribution in [0.2, 0.25) is 0 Å². The molecule has 0 aliphatic carbocycles. The van der Waals surface area contributed by atoms with Crippen molar-refractivity contribution in [3.63, 3.8) is 0 Å². The van der Waals surface area contributed by atoms with E-state index in [1.165, 1.54) is 0 Å². The van der Waals surface area contributed by atoms with Crippen LogP contribution < -0.4 is 4.90 Å². The Kier molecular flexibility index (Phi) is 5.24. The molecule has 84 valence electrons. The number of hydrogen-bond acceptors (Lipinski definition) is 4. The Bertz CT molecular complexity index is 303. The number of rotatable bonds is 5. The SMILES string of the molecule is CN(C)CCCN(C)c1ncncc1I. The minimum Gasteiger partial charge on any atom is -0.359 e. The van der Waals surface area contributed by atoms with Gasteiger partial charge >= 0.3 is 0 Å². The molecule has 5 heteroatoms. The van der Waals surface area contributed by atoms with Crippen LogP contribution in [0, 0.1) is 3.57 Å². The molecule has 0 saturated heterocycles. The van der Waals surface area contributed by atoms with Gasteiger partial charge in [-0.05, 0) is 49.7 Å². The van der Waals surface area contributed by atoms with Crippen molar-refractivity contribution in [2.75, 3.05) is 39.1 Å². The maximum atomic E-state index is 4.27. The highest BCUT2D eigenvalue weighted by atomic mass is 127. The molecule has 15 heavy (non-hydrogen) atoms. The van der Waals surface area contributed by atoms with E-state index in [1.807, 2.05) is 6.20 Å². The lowest BCUT2D eigenvalue weighted by atomic mass is 10.3. The zero-order valence-electron chi connectivity index (χ0n) is 9.44. The molecule has 0 radical (unpaired) electrons. The van der Waals surface area contributed by atoms with E-state index in [0.29, 0.717) is 0 Å². The molecule has 1 heterocycles. The Balaban J connectivity index is 2.47. The predicted octanol–water partition coefficient (Wildman–Crippen LogP) is 1.47. The summed E-state index contributed by atoms with van der Waals surface area (Å²) in [5, 5.41) is 0. The van der Waals surface area contributed by atoms with E-state index in [1.54, 1.807) is 6.33 Å². The second-order valence-corrected chi connectivity index (χ2v) is 4.93. The second-order valence-electron chi connectivity index (χ2n) is 3.77. The number of aromatic nitrogens is 2. The predicted molar refractivity (Wildman–Crippen MR) is 71.2 cm³/mol. The lowest BCUT2D eigenvalue weighted by molar-refractivity contribution is 0.401. The van der Waals surface area contributed by atoms with Crippen LogP contribution in [0.15, 0.2) is 12.5 Å². The minimum atomic E-state index is 1.02. The highest BCUT2D eigenvalue weighted by molar-refractivity contribution is 14.1. The summed E-state index contributed by atoms with van der Waals surface area (Å²) in [6, 6.07) is 0. The summed E-state index contributed by atoms with van der Waals surface area (Å²) in [6.07, 6.45) is 4.58. The molecule has 0 unspecified atom stereocenters. The van der Waals surface area contributed by atoms with Gasteiger partial charge in [0.05, 0.1) is 3.57 Å². The molecule has 0 saturated carbocycles. The fraction of sp³-hybridized carbons (Fsp3) is 0.600. The molecule has 1 aromatic rings. The Morgan fingerprint density at radius 3 is 2.60 bits per heavy atom. The van der Waals surface area contributed by atoms with Crippen molar-refractivity contribution in [1.29, 1.82) is 0 Å². The van der Waals surface area contributed by atoms with Crippen LogP contribution in [-0.2, 0) is 0 Å². The maximum absolute atomic E-state index is 4.27. The van der Waals surface area contributed by atoms with Gasteiger partial charge in [-0.3, -0.25) is 0 Å². The van der Waals surface area contributed by atoms with E-state index in [-0.39, 0.29) is 0 Å². The molecule has 0 spiro atoms. The van der Waals surface area contributed by atoms with Gasteiger partial charge in [0.2, 0.25) is 0 Å². The molecule has 0 atom stereocenters. The summed E-state index contributed by atoms with van der Waals surface area (Å²) in [4.78, 5) is 12.6. The van der Waals surface area contributed by atoms with Crippen molar-refractivity contribution >= 4 is 28.4 Å². The summed E-state index contributed by atoms with van der Waals surface area (Å²) in [5.41, 5.74) is 0. The number of halogens is 1. The molecule has 0 bridgehead atoms. The van der Waals surface area contributed by atoms with Gasteiger partial charge in [0.25, 0.3) is 0 Å². The average Bonchev–Trinajstić information content (AvgIpc) is 2.17. The van der Waals surface area contributed by atoms with Gasteiger partial charge in [0.1, 0.15) is 12.1 Å². The smallest absolute Gasteiger partial charge is 0.145 e. The molecule has 1 aromatic heterocycles. The molecule has 1 rings (SSSR count). The van der Waals surface area contributed by atoms with E-state index < -0.39 is 0 Å². The average molecular weight is 320 g/mol. The van der Waals surface area contributed by atoms with Gasteiger partial charge in [0.15, 0.2) is 0 Å². The minimum absolute atomic E-state index is 1.02. The normalized spacial score (nSPS) is 10.7. The van der Waals surface area contributed by atoms with Crippen LogP contribution in [0.25, 0.3) is 0 Å². The van der Waals surface area contributed by atoms with Crippen LogP contribution in [0.3, 0.4) is 0 Å². The summed E-state index contributed by atoms with van der Waals surface area (Å²) in [6.45, 7) is 2.12. The Morgan fingerprint density at radius 1 is 1.27 bits per heavy atom. The van der Waals surface area contributed by atoms with Gasteiger partial charge < -0.3 is 9.80 Å². The first-order valence-corrected chi connectivity index (χ1v) is 6.00. The van der Waals surface area contributed by atoms with Crippen molar-refractivity contribution in [2.24, 2.45) is 0 Å². The third-order valence-electron chi connectivity index (χ3n) is 2.11. The Labute approximate surface area is 105 Å². The molecular weight excluding hydrogens is 303 g/mol. The molecule has 0 amide bonds. The van der Waals surface area contributed by atoms with E-state index in [0.717, 1.165) is 28.9 Å². The quantitative estimate of drug-likeness (QED) is 0.769. The Morgan fingerprint density at radius 2 is 2.00 bits per heavy atom. The van der Waals surface area contributed by atoms with Gasteiger partial charge in [-0.2, -0.15) is 0 Å². The van der Waals surface area contributed by atoms with Crippen LogP contribution in [-0.4, -0.2) is 49.1 Å². The topological polar surface area (TPSA) is 32.3 Å². The van der Waals surface area contributed by atoms with E-state index in [9.17, 15) is 0 Å². The zero-order valence-corrected chi connectivity index (χ0v) is 11.6. The summed E-state index contributed by atoms with van der Waals surface area (Å²) in [7, 11) is 6.25. The van der Waals surface area contributed by atoms with E-state index in [2.05, 4.69) is 63.5 Å². The van der Waals surface area contributed by atoms with Crippen molar-refractivity contribution in [3.05, 3.63) is 16.1 Å². The van der Waals surface area contributed by atoms with Crippen LogP contribution in [0.4, 0.5) is 5.82 Å². The van der Waals surface area contributed by atoms with E-state index in [4.69, 9.17) is 0 Å². The molecular formula is C10H17IN4. The van der Waals surface area contributed by atoms with Crippen molar-refractivity contribution in [2.45, 2.75) is 6.42 Å². The van der Waals surface area contributed by atoms with Crippen molar-refractivity contribution in [3.8, 4) is 0 Å². The molecule has 0 aliphatic heterocycles. The maximum Gasteiger partial charge on any atom is 0.145 e. The lowest BCUT2D eigenvalue weighted by Crippen LogP contribution is -2.24. The first-order valence-electron chi connectivity index (χ1n) is 4.92. The highest BCUT2D eigenvalue weighted by Gasteiger charge is 2.06. The number of nitrogens with zero attached hydrogens (tertiary/aromatic N) is 4. The molecule has 0 fully saturated rings. The summed E-state index contributed by atoms with van der Waals surface area (Å²) in [5.74, 6) is 1.02. The molecule has 0 aliphatic rings. The van der Waals surface area contributed by atoms with Crippen molar-refractivity contribution in [1.82, 2.24) is 14.9 Å². The van der Waals surface area contributed by atoms with Crippen LogP contribution >= 0.6 is 22.6 Å². The second kappa shape index (κ2) is 6.22. The monoisotopic (exact) mass is 320 g/mol. The van der Waals surface area contributed by atoms with Gasteiger partial charge in [-0.25, -0.2) is 9.97 Å². The third kappa shape index (κ3) is 4.29. The number of hydrogen-bond donors (Lipinski definition) is 0. The lowest BCUT2D eigenvalue weighted by Gasteiger charge is -2.20. The fourth-order valence-corrected chi connectivity index (χ4v) is 2.03.